The van der Waals surface area contributed by atoms with Crippen molar-refractivity contribution in [2.75, 3.05) is 0 Å². The molecule has 0 radical (unpaired) electrons. The van der Waals surface area contributed by atoms with Gasteiger partial charge in [0, 0.05) is 13.8 Å². The predicted octanol–water partition coefficient (Wildman–Crippen LogP) is 3.40. The number of aryl methyl sites for hydroxylation is 2. The summed E-state index contributed by atoms with van der Waals surface area (Å²) in [4.78, 5) is 0. The van der Waals surface area contributed by atoms with Crippen LogP contribution in [0.4, 0.5) is 22.0 Å². The predicted molar refractivity (Wildman–Crippen MR) is 59.3 cm³/mol. The van der Waals surface area contributed by atoms with E-state index in [1.165, 1.54) is 15.9 Å². The highest BCUT2D eigenvalue weighted by atomic mass is 32.1. The van der Waals surface area contributed by atoms with Gasteiger partial charge in [0.05, 0.1) is 10.9 Å². The van der Waals surface area contributed by atoms with E-state index in [-0.39, 0.29) is 0 Å². The third kappa shape index (κ3) is 2.22. The molecule has 0 bridgehead atoms. The molecule has 1 nitrogen and oxygen atoms in total. The second-order valence-corrected chi connectivity index (χ2v) is 5.09. The average molecular weight is 294 g/mol. The van der Waals surface area contributed by atoms with Crippen LogP contribution in [0.25, 0.3) is 0 Å². The first-order chi connectivity index (χ1) is 8.84. The molecule has 0 unspecified atom stereocenters. The Balaban J connectivity index is 2.58. The van der Waals surface area contributed by atoms with Crippen molar-refractivity contribution in [2.45, 2.75) is 20.4 Å². The maximum atomic E-state index is 13.5. The Morgan fingerprint density at radius 1 is 0.895 bits per heavy atom. The van der Waals surface area contributed by atoms with Gasteiger partial charge in [0.2, 0.25) is 10.8 Å². The molecule has 1 heterocycles. The number of aromatic nitrogens is 1. The summed E-state index contributed by atoms with van der Waals surface area (Å²) >= 11 is 1.33. The Labute approximate surface area is 109 Å². The van der Waals surface area contributed by atoms with Crippen LogP contribution in [0.1, 0.15) is 16.3 Å². The zero-order valence-corrected chi connectivity index (χ0v) is 10.8. The summed E-state index contributed by atoms with van der Waals surface area (Å²) in [5, 5.41) is 2.45. The number of rotatable bonds is 2. The van der Waals surface area contributed by atoms with Crippen molar-refractivity contribution in [3.63, 3.8) is 0 Å². The zero-order chi connectivity index (χ0) is 14.3. The molecule has 0 saturated carbocycles. The van der Waals surface area contributed by atoms with E-state index >= 15 is 0 Å². The second kappa shape index (κ2) is 4.88. The molecule has 0 N–H and O–H groups in total. The maximum Gasteiger partial charge on any atom is 0.234 e. The van der Waals surface area contributed by atoms with Gasteiger partial charge in [0.25, 0.3) is 0 Å². The zero-order valence-electron chi connectivity index (χ0n) is 10.0. The van der Waals surface area contributed by atoms with Crippen LogP contribution in [-0.4, -0.2) is 0 Å². The Morgan fingerprint density at radius 3 is 1.79 bits per heavy atom. The molecule has 19 heavy (non-hydrogen) atoms. The van der Waals surface area contributed by atoms with Gasteiger partial charge in [-0.05, 0) is 0 Å². The highest BCUT2D eigenvalue weighted by Crippen LogP contribution is 2.23. The number of hydrogen-bond donors (Lipinski definition) is 0. The number of hydrogen-bond acceptors (Lipinski definition) is 1. The lowest BCUT2D eigenvalue weighted by atomic mass is 10.1. The molecule has 7 heteroatoms. The lowest BCUT2D eigenvalue weighted by Gasteiger charge is -2.06. The van der Waals surface area contributed by atoms with Gasteiger partial charge in [-0.3, -0.25) is 0 Å². The van der Waals surface area contributed by atoms with Crippen molar-refractivity contribution >= 4 is 11.3 Å². The van der Waals surface area contributed by atoms with Gasteiger partial charge in [0.15, 0.2) is 35.5 Å². The quantitative estimate of drug-likeness (QED) is 0.346. The standard InChI is InChI=1S/C12H9F5NS/c1-5-4-19-6(2)18(5)3-7-8(13)10(15)12(17)11(16)9(7)14/h4H,3H2,1-2H3/q+1. The minimum Gasteiger partial charge on any atom is -0.203 e. The van der Waals surface area contributed by atoms with Gasteiger partial charge in [-0.15, -0.1) is 0 Å². The molecule has 1 aromatic carbocycles. The first kappa shape index (κ1) is 13.9. The summed E-state index contributed by atoms with van der Waals surface area (Å²) in [6.45, 7) is 2.99. The molecular weight excluding hydrogens is 285 g/mol. The van der Waals surface area contributed by atoms with Gasteiger partial charge < -0.3 is 0 Å². The lowest BCUT2D eigenvalue weighted by molar-refractivity contribution is -0.695. The number of benzene rings is 1. The Bertz CT molecular complexity index is 602. The van der Waals surface area contributed by atoms with E-state index in [1.54, 1.807) is 19.2 Å². The fourth-order valence-corrected chi connectivity index (χ4v) is 2.53. The highest BCUT2D eigenvalue weighted by molar-refractivity contribution is 7.09. The molecule has 0 saturated heterocycles. The van der Waals surface area contributed by atoms with E-state index in [0.717, 1.165) is 0 Å². The van der Waals surface area contributed by atoms with Crippen molar-refractivity contribution < 1.29 is 26.5 Å². The van der Waals surface area contributed by atoms with Crippen LogP contribution in [0.15, 0.2) is 5.38 Å². The van der Waals surface area contributed by atoms with Crippen LogP contribution in [0.5, 0.6) is 0 Å². The molecule has 2 rings (SSSR count). The second-order valence-electron chi connectivity index (χ2n) is 4.03. The molecule has 0 atom stereocenters. The Morgan fingerprint density at radius 2 is 1.37 bits per heavy atom. The summed E-state index contributed by atoms with van der Waals surface area (Å²) in [5.74, 6) is -9.54. The topological polar surface area (TPSA) is 3.88 Å². The molecule has 2 aromatic rings. The molecule has 1 aromatic heterocycles. The number of halogens is 5. The lowest BCUT2D eigenvalue weighted by Crippen LogP contribution is -2.39. The van der Waals surface area contributed by atoms with E-state index in [4.69, 9.17) is 0 Å². The smallest absolute Gasteiger partial charge is 0.203 e. The van der Waals surface area contributed by atoms with E-state index in [9.17, 15) is 22.0 Å². The monoisotopic (exact) mass is 294 g/mol. The van der Waals surface area contributed by atoms with E-state index < -0.39 is 41.2 Å². The first-order valence-corrected chi connectivity index (χ1v) is 6.17. The third-order valence-corrected chi connectivity index (χ3v) is 3.84. The minimum atomic E-state index is -2.14. The Kier molecular flexibility index (Phi) is 3.58. The van der Waals surface area contributed by atoms with Crippen LogP contribution in [0.3, 0.4) is 0 Å². The fraction of sp³-hybridized carbons (Fsp3) is 0.250. The summed E-state index contributed by atoms with van der Waals surface area (Å²) in [7, 11) is 0. The van der Waals surface area contributed by atoms with Crippen LogP contribution in [0.2, 0.25) is 0 Å². The van der Waals surface area contributed by atoms with Gasteiger partial charge in [-0.2, -0.15) is 4.57 Å². The van der Waals surface area contributed by atoms with Crippen LogP contribution >= 0.6 is 11.3 Å². The molecule has 0 amide bonds. The van der Waals surface area contributed by atoms with E-state index in [1.807, 2.05) is 0 Å². The van der Waals surface area contributed by atoms with Crippen LogP contribution in [0, 0.1) is 42.9 Å². The number of nitrogens with zero attached hydrogens (tertiary/aromatic N) is 1. The summed E-state index contributed by atoms with van der Waals surface area (Å²) in [6, 6.07) is 0. The molecule has 102 valence electrons. The van der Waals surface area contributed by atoms with Gasteiger partial charge in [-0.25, -0.2) is 22.0 Å². The summed E-state index contributed by atoms with van der Waals surface area (Å²) in [5.41, 5.74) is -0.141. The van der Waals surface area contributed by atoms with Crippen LogP contribution in [-0.2, 0) is 6.54 Å². The molecule has 0 aliphatic carbocycles. The summed E-state index contributed by atoms with van der Waals surface area (Å²) in [6.07, 6.45) is 0. The normalized spacial score (nSPS) is 11.1. The highest BCUT2D eigenvalue weighted by Gasteiger charge is 2.29. The number of thiazole rings is 1. The van der Waals surface area contributed by atoms with Crippen molar-refractivity contribution in [2.24, 2.45) is 0 Å². The molecule has 0 fully saturated rings. The van der Waals surface area contributed by atoms with Gasteiger partial charge >= 0.3 is 0 Å². The first-order valence-electron chi connectivity index (χ1n) is 5.29. The molecule has 0 aliphatic heterocycles. The van der Waals surface area contributed by atoms with Crippen molar-refractivity contribution in [3.8, 4) is 0 Å². The third-order valence-electron chi connectivity index (χ3n) is 2.82. The fourth-order valence-electron chi connectivity index (χ4n) is 1.73. The van der Waals surface area contributed by atoms with Crippen LogP contribution < -0.4 is 4.57 Å². The minimum absolute atomic E-state index is 0.396. The molecular formula is C12H9F5NS+. The average Bonchev–Trinajstić information content (AvgIpc) is 2.70. The van der Waals surface area contributed by atoms with Gasteiger partial charge in [-0.1, -0.05) is 11.3 Å². The largest absolute Gasteiger partial charge is 0.234 e. The van der Waals surface area contributed by atoms with Crippen molar-refractivity contribution in [1.29, 1.82) is 0 Å². The van der Waals surface area contributed by atoms with E-state index in [2.05, 4.69) is 0 Å². The summed E-state index contributed by atoms with van der Waals surface area (Å²) < 4.78 is 67.6. The van der Waals surface area contributed by atoms with E-state index in [0.29, 0.717) is 10.7 Å². The maximum absolute atomic E-state index is 13.5. The molecule has 0 aliphatic rings. The SMILES string of the molecule is Cc1csc(C)[n+]1Cc1c(F)c(F)c(F)c(F)c1F. The Hall–Kier alpha value is -1.50. The molecule has 0 spiro atoms. The van der Waals surface area contributed by atoms with Crippen molar-refractivity contribution in [1.82, 2.24) is 0 Å². The van der Waals surface area contributed by atoms with Gasteiger partial charge in [0.1, 0.15) is 0 Å². The van der Waals surface area contributed by atoms with Crippen molar-refractivity contribution in [3.05, 3.63) is 50.7 Å².